The van der Waals surface area contributed by atoms with Crippen LogP contribution in [0.25, 0.3) is 0 Å². The van der Waals surface area contributed by atoms with Gasteiger partial charge in [0.05, 0.1) is 4.90 Å². The van der Waals surface area contributed by atoms with Crippen LogP contribution in [0, 0.1) is 13.8 Å². The van der Waals surface area contributed by atoms with Crippen molar-refractivity contribution in [3.05, 3.63) is 52.8 Å². The molecule has 2 rings (SSSR count). The number of hydrogen-bond acceptors (Lipinski definition) is 2. The second kappa shape index (κ2) is 6.67. The van der Waals surface area contributed by atoms with E-state index in [1.165, 1.54) is 0 Å². The molecule has 0 aliphatic carbocycles. The molecule has 0 spiro atoms. The maximum Gasteiger partial charge on any atom is 0.240 e. The van der Waals surface area contributed by atoms with Gasteiger partial charge in [0, 0.05) is 17.9 Å². The van der Waals surface area contributed by atoms with Crippen molar-refractivity contribution in [1.29, 1.82) is 0 Å². The summed E-state index contributed by atoms with van der Waals surface area (Å²) >= 11 is 0. The van der Waals surface area contributed by atoms with Crippen LogP contribution in [0.5, 0.6) is 0 Å². The summed E-state index contributed by atoms with van der Waals surface area (Å²) in [7, 11) is -3.44. The van der Waals surface area contributed by atoms with Crippen LogP contribution in [0.15, 0.2) is 35.2 Å². The number of aromatic nitrogens is 1. The third-order valence-corrected chi connectivity index (χ3v) is 5.28. The van der Waals surface area contributed by atoms with Crippen LogP contribution < -0.4 is 4.72 Å². The molecule has 0 saturated heterocycles. The smallest absolute Gasteiger partial charge is 0.240 e. The molecule has 0 atom stereocenters. The van der Waals surface area contributed by atoms with E-state index in [0.29, 0.717) is 23.8 Å². The number of H-pyrrole nitrogens is 1. The number of benzene rings is 1. The average molecular weight is 320 g/mol. The molecule has 0 unspecified atom stereocenters. The van der Waals surface area contributed by atoms with E-state index in [1.54, 1.807) is 12.1 Å². The molecule has 0 bridgehead atoms. The highest BCUT2D eigenvalue weighted by atomic mass is 32.2. The fourth-order valence-electron chi connectivity index (χ4n) is 2.48. The molecule has 0 radical (unpaired) electrons. The molecule has 2 N–H and O–H groups in total. The minimum atomic E-state index is -3.44. The minimum absolute atomic E-state index is 0.318. The van der Waals surface area contributed by atoms with Crippen LogP contribution >= 0.6 is 0 Å². The molecule has 0 saturated carbocycles. The highest BCUT2D eigenvalue weighted by molar-refractivity contribution is 7.89. The summed E-state index contributed by atoms with van der Waals surface area (Å²) in [6.45, 7) is 8.57. The lowest BCUT2D eigenvalue weighted by molar-refractivity contribution is 0.581. The van der Waals surface area contributed by atoms with Crippen molar-refractivity contribution in [2.24, 2.45) is 0 Å². The van der Waals surface area contributed by atoms with E-state index in [-0.39, 0.29) is 0 Å². The third kappa shape index (κ3) is 3.99. The van der Waals surface area contributed by atoms with Crippen molar-refractivity contribution in [3.8, 4) is 0 Å². The van der Waals surface area contributed by atoms with Gasteiger partial charge in [-0.1, -0.05) is 26.0 Å². The van der Waals surface area contributed by atoms with E-state index in [9.17, 15) is 8.42 Å². The maximum absolute atomic E-state index is 12.3. The topological polar surface area (TPSA) is 62.0 Å². The zero-order valence-corrected chi connectivity index (χ0v) is 14.4. The highest BCUT2D eigenvalue weighted by Crippen LogP contribution is 2.17. The molecule has 1 aromatic heterocycles. The van der Waals surface area contributed by atoms with Gasteiger partial charge in [0.2, 0.25) is 10.0 Å². The first-order valence-electron chi connectivity index (χ1n) is 7.54. The number of aromatic amines is 1. The van der Waals surface area contributed by atoms with E-state index in [1.807, 2.05) is 26.0 Å². The van der Waals surface area contributed by atoms with Gasteiger partial charge in [0.25, 0.3) is 0 Å². The summed E-state index contributed by atoms with van der Waals surface area (Å²) in [4.78, 5) is 3.54. The molecule has 120 valence electrons. The Morgan fingerprint density at radius 3 is 2.27 bits per heavy atom. The first kappa shape index (κ1) is 16.8. The number of sulfonamides is 1. The Morgan fingerprint density at radius 1 is 1.14 bits per heavy atom. The quantitative estimate of drug-likeness (QED) is 0.858. The first-order chi connectivity index (χ1) is 10.3. The van der Waals surface area contributed by atoms with E-state index >= 15 is 0 Å². The van der Waals surface area contributed by atoms with Crippen LogP contribution in [0.1, 0.15) is 42.3 Å². The van der Waals surface area contributed by atoms with Crippen molar-refractivity contribution in [3.63, 3.8) is 0 Å². The van der Waals surface area contributed by atoms with E-state index in [2.05, 4.69) is 29.6 Å². The van der Waals surface area contributed by atoms with Gasteiger partial charge in [-0.15, -0.1) is 0 Å². The molecule has 2 aromatic rings. The van der Waals surface area contributed by atoms with E-state index in [4.69, 9.17) is 0 Å². The Labute approximate surface area is 133 Å². The fraction of sp³-hybridized carbons (Fsp3) is 0.412. The Bertz CT molecular complexity index is 729. The number of rotatable bonds is 6. The van der Waals surface area contributed by atoms with Crippen LogP contribution in [0.2, 0.25) is 0 Å². The summed E-state index contributed by atoms with van der Waals surface area (Å²) in [5.74, 6) is 0.393. The molecular weight excluding hydrogens is 296 g/mol. The molecule has 22 heavy (non-hydrogen) atoms. The molecule has 0 aliphatic heterocycles. The predicted octanol–water partition coefficient (Wildman–Crippen LogP) is 3.28. The second-order valence-electron chi connectivity index (χ2n) is 5.97. The van der Waals surface area contributed by atoms with Gasteiger partial charge < -0.3 is 4.98 Å². The average Bonchev–Trinajstić information content (AvgIpc) is 2.77. The molecule has 0 amide bonds. The van der Waals surface area contributed by atoms with E-state index < -0.39 is 10.0 Å². The van der Waals surface area contributed by atoms with Gasteiger partial charge in [-0.3, -0.25) is 0 Å². The van der Waals surface area contributed by atoms with Crippen LogP contribution in [0.3, 0.4) is 0 Å². The third-order valence-electron chi connectivity index (χ3n) is 3.80. The zero-order valence-electron chi connectivity index (χ0n) is 13.6. The zero-order chi connectivity index (χ0) is 16.3. The Morgan fingerprint density at radius 2 is 1.77 bits per heavy atom. The van der Waals surface area contributed by atoms with Crippen molar-refractivity contribution in [1.82, 2.24) is 9.71 Å². The summed E-state index contributed by atoms with van der Waals surface area (Å²) < 4.78 is 27.2. The van der Waals surface area contributed by atoms with Crippen LogP contribution in [-0.2, 0) is 16.4 Å². The van der Waals surface area contributed by atoms with Gasteiger partial charge in [-0.2, -0.15) is 0 Å². The molecule has 1 heterocycles. The lowest BCUT2D eigenvalue weighted by Gasteiger charge is -2.09. The highest BCUT2D eigenvalue weighted by Gasteiger charge is 2.14. The number of aryl methyl sites for hydroxylation is 2. The van der Waals surface area contributed by atoms with Crippen molar-refractivity contribution < 1.29 is 8.42 Å². The van der Waals surface area contributed by atoms with Crippen LogP contribution in [-0.4, -0.2) is 19.9 Å². The monoisotopic (exact) mass is 320 g/mol. The largest absolute Gasteiger partial charge is 0.362 e. The lowest BCUT2D eigenvalue weighted by Crippen LogP contribution is -2.26. The Kier molecular flexibility index (Phi) is 5.08. The summed E-state index contributed by atoms with van der Waals surface area (Å²) in [5, 5.41) is 0. The van der Waals surface area contributed by atoms with Crippen molar-refractivity contribution in [2.75, 3.05) is 6.54 Å². The van der Waals surface area contributed by atoms with Crippen molar-refractivity contribution >= 4 is 10.0 Å². The minimum Gasteiger partial charge on any atom is -0.362 e. The Hall–Kier alpha value is -1.59. The summed E-state index contributed by atoms with van der Waals surface area (Å²) in [5.41, 5.74) is 4.48. The molecule has 0 fully saturated rings. The SMILES string of the molecule is Cc1cc(CCNS(=O)(=O)c2ccc(C(C)C)cc2)c(C)[nH]1. The molecule has 5 heteroatoms. The fourth-order valence-corrected chi connectivity index (χ4v) is 3.51. The van der Waals surface area contributed by atoms with Gasteiger partial charge >= 0.3 is 0 Å². The van der Waals surface area contributed by atoms with Gasteiger partial charge in [-0.25, -0.2) is 13.1 Å². The van der Waals surface area contributed by atoms with Crippen molar-refractivity contribution in [2.45, 2.75) is 44.9 Å². The second-order valence-corrected chi connectivity index (χ2v) is 7.74. The molecule has 1 aromatic carbocycles. The Balaban J connectivity index is 2.00. The standard InChI is InChI=1S/C17H24N2O2S/c1-12(2)15-5-7-17(8-6-15)22(20,21)18-10-9-16-11-13(3)19-14(16)4/h5-8,11-12,18-19H,9-10H2,1-4H3. The van der Waals surface area contributed by atoms with Crippen LogP contribution in [0.4, 0.5) is 0 Å². The van der Waals surface area contributed by atoms with Gasteiger partial charge in [0.15, 0.2) is 0 Å². The molecule has 4 nitrogen and oxygen atoms in total. The lowest BCUT2D eigenvalue weighted by atomic mass is 10.0. The molecular formula is C17H24N2O2S. The van der Waals surface area contributed by atoms with Gasteiger partial charge in [-0.05, 0) is 55.5 Å². The summed E-state index contributed by atoms with van der Waals surface area (Å²) in [6.07, 6.45) is 0.680. The molecule has 0 aliphatic rings. The normalized spacial score (nSPS) is 12.0. The maximum atomic E-state index is 12.3. The van der Waals surface area contributed by atoms with E-state index in [0.717, 1.165) is 22.5 Å². The predicted molar refractivity (Wildman–Crippen MR) is 89.7 cm³/mol. The summed E-state index contributed by atoms with van der Waals surface area (Å²) in [6, 6.07) is 9.14. The first-order valence-corrected chi connectivity index (χ1v) is 9.02. The van der Waals surface area contributed by atoms with Gasteiger partial charge in [0.1, 0.15) is 0 Å². The number of hydrogen-bond donors (Lipinski definition) is 2. The number of nitrogens with one attached hydrogen (secondary N) is 2.